The number of piperidine rings is 1. The zero-order chi connectivity index (χ0) is 28.1. The number of rotatable bonds is 10. The fraction of sp³-hybridized carbons (Fsp3) is 0.333. The molecule has 210 valence electrons. The highest BCUT2D eigenvalue weighted by atomic mass is 35.5. The molecule has 0 aliphatic carbocycles. The molecule has 1 aliphatic rings. The highest BCUT2D eigenvalue weighted by Crippen LogP contribution is 2.28. The van der Waals surface area contributed by atoms with Gasteiger partial charge in [0, 0.05) is 41.5 Å². The molecule has 0 amide bonds. The molecule has 10 heteroatoms. The monoisotopic (exact) mass is 564 g/mol. The van der Waals surface area contributed by atoms with Crippen LogP contribution in [0.3, 0.4) is 0 Å². The third-order valence-corrected chi connectivity index (χ3v) is 7.49. The Balaban J connectivity index is 1.14. The lowest BCUT2D eigenvalue weighted by molar-refractivity contribution is -0.144. The summed E-state index contributed by atoms with van der Waals surface area (Å²) in [7, 11) is 0. The van der Waals surface area contributed by atoms with Crippen molar-refractivity contribution in [3.63, 3.8) is 0 Å². The van der Waals surface area contributed by atoms with Gasteiger partial charge in [-0.15, -0.1) is 0 Å². The second-order valence-corrected chi connectivity index (χ2v) is 10.5. The number of aliphatic hydroxyl groups excluding tert-OH is 4. The fourth-order valence-corrected chi connectivity index (χ4v) is 5.23. The van der Waals surface area contributed by atoms with Crippen molar-refractivity contribution >= 4 is 17.3 Å². The minimum Gasteiger partial charge on any atom is -0.395 e. The maximum atomic E-state index is 10.2. The Morgan fingerprint density at radius 3 is 2.35 bits per heavy atom. The van der Waals surface area contributed by atoms with E-state index in [1.165, 1.54) is 5.56 Å². The molecule has 0 spiro atoms. The van der Waals surface area contributed by atoms with Gasteiger partial charge in [0.2, 0.25) is 5.82 Å². The van der Waals surface area contributed by atoms with Crippen molar-refractivity contribution in [2.24, 2.45) is 0 Å². The second-order valence-electron chi connectivity index (χ2n) is 10.1. The summed E-state index contributed by atoms with van der Waals surface area (Å²) < 4.78 is 5.44. The summed E-state index contributed by atoms with van der Waals surface area (Å²) >= 11 is 6.38. The molecule has 5 rings (SSSR count). The van der Waals surface area contributed by atoms with Crippen molar-refractivity contribution in [2.75, 3.05) is 31.6 Å². The van der Waals surface area contributed by atoms with Gasteiger partial charge in [0.15, 0.2) is 0 Å². The van der Waals surface area contributed by atoms with Crippen LogP contribution >= 0.6 is 11.6 Å². The number of hydrogen-bond donors (Lipinski definition) is 5. The van der Waals surface area contributed by atoms with Crippen LogP contribution in [0.1, 0.15) is 11.1 Å². The molecule has 4 aromatic rings. The minimum absolute atomic E-state index is 0.208. The van der Waals surface area contributed by atoms with Crippen LogP contribution in [0.25, 0.3) is 22.8 Å². The molecule has 0 saturated carbocycles. The first-order chi connectivity index (χ1) is 19.4. The number of hydrogen-bond acceptors (Lipinski definition) is 9. The largest absolute Gasteiger partial charge is 0.395 e. The lowest BCUT2D eigenvalue weighted by atomic mass is 9.93. The van der Waals surface area contributed by atoms with Crippen LogP contribution in [-0.4, -0.2) is 86.1 Å². The third-order valence-electron chi connectivity index (χ3n) is 7.27. The first-order valence-electron chi connectivity index (χ1n) is 13.3. The van der Waals surface area contributed by atoms with Gasteiger partial charge in [-0.3, -0.25) is 4.90 Å². The number of likely N-dealkylation sites (tertiary alicyclic amines) is 1. The Hall–Kier alpha value is -3.31. The van der Waals surface area contributed by atoms with Gasteiger partial charge in [0.05, 0.1) is 18.8 Å². The molecule has 4 atom stereocenters. The molecule has 0 unspecified atom stereocenters. The summed E-state index contributed by atoms with van der Waals surface area (Å²) in [5.74, 6) is 0.918. The van der Waals surface area contributed by atoms with Crippen LogP contribution < -0.4 is 5.32 Å². The summed E-state index contributed by atoms with van der Waals surface area (Å²) in [4.78, 5) is 6.35. The van der Waals surface area contributed by atoms with E-state index in [1.54, 1.807) is 6.07 Å². The molecular weight excluding hydrogens is 532 g/mol. The van der Waals surface area contributed by atoms with Crippen LogP contribution in [0.15, 0.2) is 77.3 Å². The van der Waals surface area contributed by atoms with Crippen molar-refractivity contribution in [3.8, 4) is 22.8 Å². The van der Waals surface area contributed by atoms with Crippen LogP contribution in [0.2, 0.25) is 5.02 Å². The van der Waals surface area contributed by atoms with E-state index in [9.17, 15) is 20.4 Å². The fourth-order valence-electron chi connectivity index (χ4n) is 4.99. The van der Waals surface area contributed by atoms with E-state index in [1.807, 2.05) is 47.4 Å². The van der Waals surface area contributed by atoms with Gasteiger partial charge in [-0.05, 0) is 54.3 Å². The summed E-state index contributed by atoms with van der Waals surface area (Å²) in [5, 5.41) is 47.8. The average molecular weight is 565 g/mol. The van der Waals surface area contributed by atoms with E-state index in [4.69, 9.17) is 16.1 Å². The van der Waals surface area contributed by atoms with Crippen molar-refractivity contribution in [2.45, 2.75) is 37.2 Å². The molecule has 3 aromatic carbocycles. The second kappa shape index (κ2) is 12.9. The van der Waals surface area contributed by atoms with Gasteiger partial charge >= 0.3 is 0 Å². The Morgan fingerprint density at radius 2 is 1.62 bits per heavy atom. The summed E-state index contributed by atoms with van der Waals surface area (Å²) in [6.45, 7) is 1.18. The molecule has 9 nitrogen and oxygen atoms in total. The zero-order valence-electron chi connectivity index (χ0n) is 21.9. The minimum atomic E-state index is -1.24. The van der Waals surface area contributed by atoms with Gasteiger partial charge in [0.1, 0.15) is 12.2 Å². The van der Waals surface area contributed by atoms with E-state index in [-0.39, 0.29) is 13.2 Å². The number of halogens is 1. The van der Waals surface area contributed by atoms with Crippen molar-refractivity contribution in [3.05, 3.63) is 88.9 Å². The molecule has 0 radical (unpaired) electrons. The van der Waals surface area contributed by atoms with Crippen molar-refractivity contribution in [1.29, 1.82) is 0 Å². The molecule has 1 aliphatic heterocycles. The van der Waals surface area contributed by atoms with E-state index in [0.29, 0.717) is 36.2 Å². The van der Waals surface area contributed by atoms with Gasteiger partial charge in [-0.25, -0.2) is 0 Å². The molecule has 5 N–H and O–H groups in total. The SMILES string of the molecule is OC[C@@H]1[C@@H](O)[C@H](O)[C@@H](O)CN1CCc1ccc(CCNc2cc(Cl)cc(-c3noc(-c4ccccc4)n3)c2)cc1. The normalized spacial score (nSPS) is 21.4. The van der Waals surface area contributed by atoms with Crippen LogP contribution in [0.5, 0.6) is 0 Å². The molecule has 1 saturated heterocycles. The lowest BCUT2D eigenvalue weighted by Crippen LogP contribution is -2.62. The van der Waals surface area contributed by atoms with Crippen molar-refractivity contribution in [1.82, 2.24) is 15.0 Å². The topological polar surface area (TPSA) is 135 Å². The van der Waals surface area contributed by atoms with Crippen molar-refractivity contribution < 1.29 is 24.9 Å². The summed E-state index contributed by atoms with van der Waals surface area (Å²) in [5.41, 5.74) is 4.75. The van der Waals surface area contributed by atoms with E-state index < -0.39 is 24.4 Å². The summed E-state index contributed by atoms with van der Waals surface area (Å²) in [6, 6.07) is 22.9. The lowest BCUT2D eigenvalue weighted by Gasteiger charge is -2.43. The molecular formula is C30H33ClN4O5. The standard InChI is InChI=1S/C30H33ClN4O5/c31-23-14-22(29-33-30(40-34-29)21-4-2-1-3-5-21)15-24(16-23)32-12-10-19-6-8-20(9-7-19)11-13-35-17-26(37)28(39)27(38)25(35)18-36/h1-9,14-16,25-28,32,36-39H,10-13,17-18H2/t25-,26+,27-,28-/m1/s1. The Morgan fingerprint density at radius 1 is 0.900 bits per heavy atom. The Bertz CT molecular complexity index is 1380. The van der Waals surface area contributed by atoms with Gasteiger partial charge < -0.3 is 30.3 Å². The maximum Gasteiger partial charge on any atom is 0.258 e. The molecule has 1 aromatic heterocycles. The first-order valence-corrected chi connectivity index (χ1v) is 13.7. The van der Waals surface area contributed by atoms with E-state index in [0.717, 1.165) is 28.8 Å². The number of aliphatic hydroxyl groups is 4. The average Bonchev–Trinajstić information content (AvgIpc) is 3.46. The predicted octanol–water partition coefficient (Wildman–Crippen LogP) is 3.01. The number of aromatic nitrogens is 2. The smallest absolute Gasteiger partial charge is 0.258 e. The van der Waals surface area contributed by atoms with Gasteiger partial charge in [-0.2, -0.15) is 4.98 Å². The third kappa shape index (κ3) is 6.69. The number of nitrogens with zero attached hydrogens (tertiary/aromatic N) is 3. The first kappa shape index (κ1) is 28.2. The number of β-amino-alcohol motifs (C(OH)–C–C–N with tert-alkyl or cyclic N) is 1. The number of nitrogens with one attached hydrogen (secondary N) is 1. The van der Waals surface area contributed by atoms with E-state index in [2.05, 4.69) is 39.7 Å². The predicted molar refractivity (Wildman–Crippen MR) is 153 cm³/mol. The molecule has 1 fully saturated rings. The molecule has 0 bridgehead atoms. The van der Waals surface area contributed by atoms with Crippen LogP contribution in [-0.2, 0) is 12.8 Å². The summed E-state index contributed by atoms with van der Waals surface area (Å²) in [6.07, 6.45) is -1.97. The van der Waals surface area contributed by atoms with Crippen LogP contribution in [0.4, 0.5) is 5.69 Å². The Labute approximate surface area is 237 Å². The van der Waals surface area contributed by atoms with E-state index >= 15 is 0 Å². The van der Waals surface area contributed by atoms with Gasteiger partial charge in [0.25, 0.3) is 5.89 Å². The Kier molecular flexibility index (Phi) is 9.11. The maximum absolute atomic E-state index is 10.2. The van der Waals surface area contributed by atoms with Gasteiger partial charge in [-0.1, -0.05) is 59.2 Å². The number of anilines is 1. The molecule has 2 heterocycles. The zero-order valence-corrected chi connectivity index (χ0v) is 22.7. The quantitative estimate of drug-likeness (QED) is 0.197. The molecule has 40 heavy (non-hydrogen) atoms. The highest BCUT2D eigenvalue weighted by molar-refractivity contribution is 6.31. The number of benzene rings is 3. The van der Waals surface area contributed by atoms with Crippen LogP contribution in [0, 0.1) is 0 Å². The highest BCUT2D eigenvalue weighted by Gasteiger charge is 2.40.